The molecule has 2 heterocycles. The van der Waals surface area contributed by atoms with Crippen LogP contribution in [0, 0.1) is 11.8 Å². The summed E-state index contributed by atoms with van der Waals surface area (Å²) in [5.74, 6) is -0.854. The van der Waals surface area contributed by atoms with Gasteiger partial charge < -0.3 is 24.6 Å². The zero-order chi connectivity index (χ0) is 20.0. The lowest BCUT2D eigenvalue weighted by Crippen LogP contribution is -2.46. The molecular weight excluding hydrogens is 352 g/mol. The number of nitrogens with one attached hydrogen (secondary N) is 1. The third kappa shape index (κ3) is 5.56. The number of rotatable bonds is 5. The van der Waals surface area contributed by atoms with Gasteiger partial charge in [0, 0.05) is 18.9 Å². The van der Waals surface area contributed by atoms with Gasteiger partial charge in [-0.25, -0.2) is 9.78 Å². The van der Waals surface area contributed by atoms with E-state index >= 15 is 0 Å². The molecule has 27 heavy (non-hydrogen) atoms. The van der Waals surface area contributed by atoms with E-state index in [2.05, 4.69) is 24.1 Å². The van der Waals surface area contributed by atoms with Crippen LogP contribution in [0.15, 0.2) is 12.3 Å². The average Bonchev–Trinajstić information content (AvgIpc) is 2.67. The minimum Gasteiger partial charge on any atom is -0.503 e. The summed E-state index contributed by atoms with van der Waals surface area (Å²) in [6, 6.07) is 0.449. The highest BCUT2D eigenvalue weighted by Crippen LogP contribution is 2.27. The number of hydrogen-bond donors (Lipinski definition) is 2. The molecule has 8 nitrogen and oxygen atoms in total. The van der Waals surface area contributed by atoms with E-state index in [1.54, 1.807) is 0 Å². The molecule has 1 fully saturated rings. The average molecular weight is 380 g/mol. The highest BCUT2D eigenvalue weighted by molar-refractivity contribution is 5.98. The number of hydrogen-bond acceptors (Lipinski definition) is 7. The molecule has 150 valence electrons. The van der Waals surface area contributed by atoms with Gasteiger partial charge in [-0.1, -0.05) is 13.8 Å². The highest BCUT2D eigenvalue weighted by Gasteiger charge is 2.31. The second-order valence-electron chi connectivity index (χ2n) is 7.13. The maximum atomic E-state index is 12.5. The fourth-order valence-electron chi connectivity index (χ4n) is 3.11. The Hall–Kier alpha value is -2.35. The Balaban J connectivity index is 2.09. The lowest BCUT2D eigenvalue weighted by molar-refractivity contribution is -0.153. The smallest absolute Gasteiger partial charge is 0.331 e. The largest absolute Gasteiger partial charge is 0.503 e. The molecule has 1 aliphatic heterocycles. The van der Waals surface area contributed by atoms with E-state index in [-0.39, 0.29) is 35.8 Å². The number of ether oxygens (including phenoxy) is 3. The summed E-state index contributed by atoms with van der Waals surface area (Å²) in [6.07, 6.45) is 2.77. The first-order valence-electron chi connectivity index (χ1n) is 9.14. The molecular formula is C19H28N2O6. The fourth-order valence-corrected chi connectivity index (χ4v) is 3.11. The zero-order valence-corrected chi connectivity index (χ0v) is 16.2. The van der Waals surface area contributed by atoms with Crippen LogP contribution >= 0.6 is 0 Å². The SMILES string of the molecule is COc1ccnc(C(=O)N[C@H]2COCC[C@@H](CC(C)C)[C@H](C)OC2=O)c1O. The molecule has 0 saturated carbocycles. The zero-order valence-electron chi connectivity index (χ0n) is 16.2. The maximum absolute atomic E-state index is 12.5. The van der Waals surface area contributed by atoms with E-state index in [4.69, 9.17) is 14.2 Å². The number of carbonyl (C=O) groups excluding carboxylic acids is 2. The highest BCUT2D eigenvalue weighted by atomic mass is 16.6. The first kappa shape index (κ1) is 21.0. The van der Waals surface area contributed by atoms with Gasteiger partial charge in [0.05, 0.1) is 13.7 Å². The van der Waals surface area contributed by atoms with Gasteiger partial charge >= 0.3 is 5.97 Å². The van der Waals surface area contributed by atoms with Crippen molar-refractivity contribution in [1.29, 1.82) is 0 Å². The molecule has 1 aliphatic rings. The van der Waals surface area contributed by atoms with E-state index in [1.165, 1.54) is 19.4 Å². The standard InChI is InChI=1S/C19H28N2O6/c1-11(2)9-13-6-8-26-10-14(19(24)27-12(13)3)21-18(23)16-17(22)15(25-4)5-7-20-16/h5,7,11-14,22H,6,8-10H2,1-4H3,(H,21,23)/t12-,13-,14-/m0/s1. The van der Waals surface area contributed by atoms with Gasteiger partial charge in [-0.05, 0) is 31.6 Å². The first-order valence-corrected chi connectivity index (χ1v) is 9.14. The molecule has 1 aromatic heterocycles. The van der Waals surface area contributed by atoms with Crippen molar-refractivity contribution in [1.82, 2.24) is 10.3 Å². The van der Waals surface area contributed by atoms with Crippen LogP contribution in [0.3, 0.4) is 0 Å². The number of methoxy groups -OCH3 is 1. The molecule has 0 aromatic carbocycles. The number of pyridine rings is 1. The summed E-state index contributed by atoms with van der Waals surface area (Å²) < 4.78 is 16.1. The Morgan fingerprint density at radius 1 is 1.48 bits per heavy atom. The normalized spacial score (nSPS) is 23.7. The van der Waals surface area contributed by atoms with Crippen molar-refractivity contribution in [2.45, 2.75) is 45.8 Å². The van der Waals surface area contributed by atoms with Crippen molar-refractivity contribution in [2.24, 2.45) is 11.8 Å². The van der Waals surface area contributed by atoms with E-state index in [0.29, 0.717) is 12.5 Å². The molecule has 0 aliphatic carbocycles. The van der Waals surface area contributed by atoms with Crippen LogP contribution in [0.5, 0.6) is 11.5 Å². The van der Waals surface area contributed by atoms with Crippen LogP contribution in [0.2, 0.25) is 0 Å². The fraction of sp³-hybridized carbons (Fsp3) is 0.632. The van der Waals surface area contributed by atoms with Crippen molar-refractivity contribution < 1.29 is 28.9 Å². The monoisotopic (exact) mass is 380 g/mol. The summed E-state index contributed by atoms with van der Waals surface area (Å²) >= 11 is 0. The molecule has 0 radical (unpaired) electrons. The summed E-state index contributed by atoms with van der Waals surface area (Å²) in [5, 5.41) is 12.6. The molecule has 1 aromatic rings. The Bertz CT molecular complexity index is 664. The minimum absolute atomic E-state index is 0.00355. The van der Waals surface area contributed by atoms with Gasteiger partial charge in [0.15, 0.2) is 23.2 Å². The molecule has 2 N–H and O–H groups in total. The third-order valence-corrected chi connectivity index (χ3v) is 4.57. The number of cyclic esters (lactones) is 1. The minimum atomic E-state index is -0.981. The number of aromatic nitrogens is 1. The van der Waals surface area contributed by atoms with Crippen LogP contribution in [0.4, 0.5) is 0 Å². The Morgan fingerprint density at radius 2 is 2.22 bits per heavy atom. The topological polar surface area (TPSA) is 107 Å². The van der Waals surface area contributed by atoms with Crippen molar-refractivity contribution in [2.75, 3.05) is 20.3 Å². The lowest BCUT2D eigenvalue weighted by Gasteiger charge is -2.25. The van der Waals surface area contributed by atoms with Crippen molar-refractivity contribution >= 4 is 11.9 Å². The van der Waals surface area contributed by atoms with Crippen LogP contribution < -0.4 is 10.1 Å². The Labute approximate surface area is 159 Å². The molecule has 2 rings (SSSR count). The van der Waals surface area contributed by atoms with Crippen LogP contribution in [0.1, 0.15) is 44.1 Å². The van der Waals surface area contributed by atoms with Gasteiger partial charge in [-0.15, -0.1) is 0 Å². The summed E-state index contributed by atoms with van der Waals surface area (Å²) in [5.41, 5.74) is -0.229. The van der Waals surface area contributed by atoms with Gasteiger partial charge in [-0.3, -0.25) is 4.79 Å². The predicted octanol–water partition coefficient (Wildman–Crippen LogP) is 1.91. The summed E-state index contributed by atoms with van der Waals surface area (Å²) in [4.78, 5) is 28.8. The van der Waals surface area contributed by atoms with Gasteiger partial charge in [0.2, 0.25) is 0 Å². The number of amides is 1. The second-order valence-corrected chi connectivity index (χ2v) is 7.13. The van der Waals surface area contributed by atoms with E-state index < -0.39 is 17.9 Å². The Morgan fingerprint density at radius 3 is 2.89 bits per heavy atom. The molecule has 1 amide bonds. The lowest BCUT2D eigenvalue weighted by atomic mass is 9.90. The van der Waals surface area contributed by atoms with Gasteiger partial charge in [-0.2, -0.15) is 0 Å². The van der Waals surface area contributed by atoms with Crippen LogP contribution in [-0.2, 0) is 14.3 Å². The molecule has 1 saturated heterocycles. The maximum Gasteiger partial charge on any atom is 0.331 e. The van der Waals surface area contributed by atoms with E-state index in [9.17, 15) is 14.7 Å². The van der Waals surface area contributed by atoms with Crippen molar-refractivity contribution in [3.63, 3.8) is 0 Å². The molecule has 0 bridgehead atoms. The number of aromatic hydroxyl groups is 1. The predicted molar refractivity (Wildman–Crippen MR) is 97.6 cm³/mol. The molecule has 3 atom stereocenters. The first-order chi connectivity index (χ1) is 12.8. The van der Waals surface area contributed by atoms with Crippen LogP contribution in [-0.4, -0.2) is 54.4 Å². The number of esters is 1. The number of nitrogens with zero attached hydrogens (tertiary/aromatic N) is 1. The van der Waals surface area contributed by atoms with Gasteiger partial charge in [0.25, 0.3) is 5.91 Å². The Kier molecular flexibility index (Phi) is 7.41. The molecule has 0 spiro atoms. The second kappa shape index (κ2) is 9.55. The van der Waals surface area contributed by atoms with Gasteiger partial charge in [0.1, 0.15) is 6.10 Å². The summed E-state index contributed by atoms with van der Waals surface area (Å²) in [6.45, 7) is 6.59. The quantitative estimate of drug-likeness (QED) is 0.751. The van der Waals surface area contributed by atoms with Crippen LogP contribution in [0.25, 0.3) is 0 Å². The number of carbonyl (C=O) groups is 2. The molecule has 0 unspecified atom stereocenters. The molecule has 8 heteroatoms. The van der Waals surface area contributed by atoms with Crippen molar-refractivity contribution in [3.8, 4) is 11.5 Å². The van der Waals surface area contributed by atoms with Crippen molar-refractivity contribution in [3.05, 3.63) is 18.0 Å². The third-order valence-electron chi connectivity index (χ3n) is 4.57. The van der Waals surface area contributed by atoms with E-state index in [0.717, 1.165) is 12.8 Å². The summed E-state index contributed by atoms with van der Waals surface area (Å²) in [7, 11) is 1.37. The van der Waals surface area contributed by atoms with E-state index in [1.807, 2.05) is 6.92 Å².